The number of H-pyrrole nitrogens is 2. The van der Waals surface area contributed by atoms with E-state index in [9.17, 15) is 28.8 Å². The molecule has 6 aromatic rings. The fourth-order valence-electron chi connectivity index (χ4n) is 7.55. The molecule has 6 amide bonds. The molecule has 4 heterocycles. The molecular formula is C42H37ClN8O7S. The molecule has 0 radical (unpaired) electrons. The van der Waals surface area contributed by atoms with Crippen molar-refractivity contribution >= 4 is 114 Å². The number of hydrogen-bond donors (Lipinski definition) is 5. The van der Waals surface area contributed by atoms with E-state index in [2.05, 4.69) is 31.1 Å². The lowest BCUT2D eigenvalue weighted by atomic mass is 9.95. The number of hydrazone groups is 1. The van der Waals surface area contributed by atoms with Crippen LogP contribution in [0.3, 0.4) is 0 Å². The number of likely N-dealkylation sites (tertiary alicyclic amines) is 1. The summed E-state index contributed by atoms with van der Waals surface area (Å²) in [7, 11) is 0. The number of aromatic nitrogens is 2. The van der Waals surface area contributed by atoms with Gasteiger partial charge in [-0.15, -0.1) is 11.6 Å². The molecule has 15 nitrogen and oxygen atoms in total. The maximum Gasteiger partial charge on any atom is 0.339 e. The number of ether oxygens (including phenoxy) is 1. The molecule has 0 spiro atoms. The zero-order chi connectivity index (χ0) is 41.5. The average molecular weight is 833 g/mol. The minimum absolute atomic E-state index is 0.0151. The normalized spacial score (nSPS) is 16.6. The summed E-state index contributed by atoms with van der Waals surface area (Å²) in [5.74, 6) is -1.17. The molecule has 0 aliphatic carbocycles. The Balaban J connectivity index is 0.934. The number of imide groups is 1. The number of amides is 6. The van der Waals surface area contributed by atoms with Crippen molar-refractivity contribution in [2.45, 2.75) is 31.4 Å². The number of halogens is 1. The molecule has 5 N–H and O–H groups in total. The average Bonchev–Trinajstić information content (AvgIpc) is 4.00. The lowest BCUT2D eigenvalue weighted by Gasteiger charge is -2.18. The van der Waals surface area contributed by atoms with Gasteiger partial charge in [-0.25, -0.2) is 10.2 Å². The highest BCUT2D eigenvalue weighted by molar-refractivity contribution is 8.00. The number of carbonyl (C=O) groups is 6. The maximum absolute atomic E-state index is 14.1. The Morgan fingerprint density at radius 2 is 1.54 bits per heavy atom. The first-order valence-corrected chi connectivity index (χ1v) is 20.4. The van der Waals surface area contributed by atoms with Crippen LogP contribution in [0.2, 0.25) is 0 Å². The predicted octanol–water partition coefficient (Wildman–Crippen LogP) is 6.95. The lowest BCUT2D eigenvalue weighted by Crippen LogP contribution is -2.36. The highest BCUT2D eigenvalue weighted by atomic mass is 35.5. The van der Waals surface area contributed by atoms with Gasteiger partial charge in [-0.2, -0.15) is 16.9 Å². The quantitative estimate of drug-likeness (QED) is 0.0244. The van der Waals surface area contributed by atoms with E-state index in [1.165, 1.54) is 18.7 Å². The number of carbonyl (C=O) groups excluding carboxylic acids is 6. The summed E-state index contributed by atoms with van der Waals surface area (Å²) in [5, 5.41) is 12.2. The van der Waals surface area contributed by atoms with Crippen LogP contribution in [0.5, 0.6) is 5.75 Å². The van der Waals surface area contributed by atoms with Crippen molar-refractivity contribution in [2.24, 2.45) is 5.10 Å². The third-order valence-electron chi connectivity index (χ3n) is 10.3. The molecule has 300 valence electrons. The zero-order valence-electron chi connectivity index (χ0n) is 32.0. The van der Waals surface area contributed by atoms with Gasteiger partial charge < -0.3 is 30.2 Å². The number of nitrogens with zero attached hydrogens (tertiary/aromatic N) is 3. The van der Waals surface area contributed by atoms with Crippen molar-refractivity contribution < 1.29 is 33.5 Å². The van der Waals surface area contributed by atoms with Gasteiger partial charge in [0.1, 0.15) is 17.1 Å². The fourth-order valence-corrected chi connectivity index (χ4v) is 8.44. The highest BCUT2D eigenvalue weighted by Crippen LogP contribution is 2.46. The Labute approximate surface area is 345 Å². The van der Waals surface area contributed by atoms with Gasteiger partial charge in [-0.05, 0) is 72.7 Å². The molecule has 2 aliphatic rings. The molecule has 2 aromatic heterocycles. The molecule has 1 saturated heterocycles. The van der Waals surface area contributed by atoms with Gasteiger partial charge in [0.15, 0.2) is 0 Å². The van der Waals surface area contributed by atoms with Crippen LogP contribution in [0.1, 0.15) is 52.7 Å². The van der Waals surface area contributed by atoms with Gasteiger partial charge in [0.05, 0.1) is 23.2 Å². The van der Waals surface area contributed by atoms with Crippen LogP contribution in [-0.4, -0.2) is 86.7 Å². The number of thioether (sulfide) groups is 1. The summed E-state index contributed by atoms with van der Waals surface area (Å²) in [6.45, 7) is 3.27. The Bertz CT molecular complexity index is 2780. The van der Waals surface area contributed by atoms with Gasteiger partial charge in [-0.3, -0.25) is 28.9 Å². The van der Waals surface area contributed by atoms with Gasteiger partial charge in [-0.1, -0.05) is 24.3 Å². The molecule has 2 unspecified atom stereocenters. The van der Waals surface area contributed by atoms with E-state index in [-0.39, 0.29) is 42.3 Å². The van der Waals surface area contributed by atoms with Crippen LogP contribution in [0, 0.1) is 0 Å². The fraction of sp³-hybridized carbons (Fsp3) is 0.214. The molecule has 2 atom stereocenters. The number of hydrogen-bond acceptors (Lipinski definition) is 9. The van der Waals surface area contributed by atoms with E-state index in [1.54, 1.807) is 72.7 Å². The largest absolute Gasteiger partial charge is 0.426 e. The van der Waals surface area contributed by atoms with E-state index in [0.29, 0.717) is 68.4 Å². The maximum atomic E-state index is 14.1. The first kappa shape index (κ1) is 39.2. The van der Waals surface area contributed by atoms with Crippen molar-refractivity contribution in [3.63, 3.8) is 0 Å². The van der Waals surface area contributed by atoms with Crippen molar-refractivity contribution in [2.75, 3.05) is 40.8 Å². The van der Waals surface area contributed by atoms with E-state index in [4.69, 9.17) is 16.3 Å². The van der Waals surface area contributed by atoms with Crippen LogP contribution >= 0.6 is 23.4 Å². The number of alkyl halides is 1. The molecule has 1 fully saturated rings. The second-order valence-corrected chi connectivity index (χ2v) is 15.6. The van der Waals surface area contributed by atoms with E-state index in [1.807, 2.05) is 24.3 Å². The van der Waals surface area contributed by atoms with Crippen LogP contribution in [-0.2, 0) is 14.4 Å². The van der Waals surface area contributed by atoms with E-state index < -0.39 is 23.2 Å². The summed E-state index contributed by atoms with van der Waals surface area (Å²) in [5.41, 5.74) is 7.23. The molecule has 17 heteroatoms. The number of benzene rings is 4. The van der Waals surface area contributed by atoms with Crippen LogP contribution in [0.25, 0.3) is 32.6 Å². The molecule has 0 bridgehead atoms. The Kier molecular flexibility index (Phi) is 10.6. The van der Waals surface area contributed by atoms with Crippen LogP contribution in [0.15, 0.2) is 84.0 Å². The van der Waals surface area contributed by atoms with Crippen LogP contribution < -0.4 is 25.7 Å². The summed E-state index contributed by atoms with van der Waals surface area (Å²) in [6.07, 6.45) is 1.93. The number of aromatic amines is 2. The monoisotopic (exact) mass is 832 g/mol. The molecule has 2 aliphatic heterocycles. The Morgan fingerprint density at radius 3 is 2.20 bits per heavy atom. The van der Waals surface area contributed by atoms with Crippen molar-refractivity contribution in [1.82, 2.24) is 20.3 Å². The van der Waals surface area contributed by atoms with Crippen molar-refractivity contribution in [3.8, 4) is 5.75 Å². The van der Waals surface area contributed by atoms with E-state index >= 15 is 0 Å². The van der Waals surface area contributed by atoms with Crippen molar-refractivity contribution in [1.29, 1.82) is 0 Å². The third kappa shape index (κ3) is 7.71. The van der Waals surface area contributed by atoms with Crippen LogP contribution in [0.4, 0.5) is 21.9 Å². The molecule has 8 rings (SSSR count). The van der Waals surface area contributed by atoms with Crippen molar-refractivity contribution in [3.05, 3.63) is 95.8 Å². The Hall–Kier alpha value is -6.65. The number of urea groups is 1. The molecular weight excluding hydrogens is 796 g/mol. The lowest BCUT2D eigenvalue weighted by molar-refractivity contribution is -0.137. The summed E-state index contributed by atoms with van der Waals surface area (Å²) < 4.78 is 5.56. The minimum atomic E-state index is -0.630. The molecule has 4 aromatic carbocycles. The summed E-state index contributed by atoms with van der Waals surface area (Å²) in [4.78, 5) is 85.7. The smallest absolute Gasteiger partial charge is 0.339 e. The van der Waals surface area contributed by atoms with Gasteiger partial charge in [0.25, 0.3) is 11.8 Å². The van der Waals surface area contributed by atoms with Gasteiger partial charge in [0, 0.05) is 76.3 Å². The predicted molar refractivity (Wildman–Crippen MR) is 229 cm³/mol. The molecule has 59 heavy (non-hydrogen) atoms. The second kappa shape index (κ2) is 15.9. The van der Waals surface area contributed by atoms with E-state index in [0.717, 1.165) is 21.2 Å². The van der Waals surface area contributed by atoms with Gasteiger partial charge in [0.2, 0.25) is 11.8 Å². The standard InChI is InChI=1S/C42H37ClN8O7S/c1-21(19-51-37(53)17-36(59-3)41(51)56)48-49-42(57)45-27-9-11-30-23(13-27)14-32(46-30)39(54)44-26-8-10-31-24(12-26)15-33(47-31)40(55)50-20-25(18-43)38-29-7-5-4-6-28(29)35(16-34(38)50)58-22(2)52/h4-16,25,36,46-47H,17-20H2,1-3H3,(H,44,54)(H2,45,49,57)/b48-21+. The third-order valence-corrected chi connectivity index (χ3v) is 11.6. The number of fused-ring (bicyclic) bond motifs is 5. The SMILES string of the molecule is CSC1CC(=O)N(C/C(C)=N/NC(=O)Nc2ccc3[nH]c(C(=O)Nc4ccc5[nH]c(C(=O)N6CC(CCl)c7c6cc(OC(C)=O)c6ccccc76)cc5c4)cc3c2)C1=O. The minimum Gasteiger partial charge on any atom is -0.426 e. The highest BCUT2D eigenvalue weighted by Gasteiger charge is 2.38. The summed E-state index contributed by atoms with van der Waals surface area (Å²) in [6, 6.07) is 22.4. The number of esters is 1. The van der Waals surface area contributed by atoms with Gasteiger partial charge >= 0.3 is 12.0 Å². The summed E-state index contributed by atoms with van der Waals surface area (Å²) >= 11 is 7.76. The number of nitrogens with one attached hydrogen (secondary N) is 5. The zero-order valence-corrected chi connectivity index (χ0v) is 33.5. The number of rotatable bonds is 10. The topological polar surface area (TPSA) is 198 Å². The Morgan fingerprint density at radius 1 is 0.881 bits per heavy atom. The second-order valence-electron chi connectivity index (χ2n) is 14.3. The first-order chi connectivity index (χ1) is 28.4. The number of anilines is 3. The molecule has 0 saturated carbocycles. The first-order valence-electron chi connectivity index (χ1n) is 18.6.